The number of benzene rings is 2. The zero-order valence-electron chi connectivity index (χ0n) is 21.6. The summed E-state index contributed by atoms with van der Waals surface area (Å²) in [5.41, 5.74) is 3.87. The molecule has 0 saturated carbocycles. The second kappa shape index (κ2) is 11.9. The van der Waals surface area contributed by atoms with Crippen molar-refractivity contribution in [1.29, 1.82) is 0 Å². The molecule has 5 heteroatoms. The molecule has 0 saturated heterocycles. The molecule has 0 aliphatic heterocycles. The van der Waals surface area contributed by atoms with Crippen LogP contribution in [0.1, 0.15) is 65.0 Å². The molecule has 2 aromatic carbocycles. The summed E-state index contributed by atoms with van der Waals surface area (Å²) in [6.45, 7) is 12.7. The van der Waals surface area contributed by atoms with Gasteiger partial charge in [-0.2, -0.15) is 0 Å². The first-order valence-electron chi connectivity index (χ1n) is 12.0. The van der Waals surface area contributed by atoms with Gasteiger partial charge in [-0.05, 0) is 48.6 Å². The smallest absolute Gasteiger partial charge is 0.230 e. The van der Waals surface area contributed by atoms with Crippen molar-refractivity contribution in [1.82, 2.24) is 4.90 Å². The average Bonchev–Trinajstić information content (AvgIpc) is 2.77. The number of anilines is 2. The summed E-state index contributed by atoms with van der Waals surface area (Å²) >= 11 is 0. The Labute approximate surface area is 200 Å². The van der Waals surface area contributed by atoms with E-state index in [4.69, 9.17) is 0 Å². The molecule has 0 unspecified atom stereocenters. The van der Waals surface area contributed by atoms with Gasteiger partial charge in [0.1, 0.15) is 0 Å². The van der Waals surface area contributed by atoms with Crippen LogP contribution >= 0.6 is 0 Å². The fraction of sp³-hybridized carbons (Fsp3) is 0.500. The van der Waals surface area contributed by atoms with Crippen molar-refractivity contribution in [3.8, 4) is 0 Å². The first-order chi connectivity index (χ1) is 15.6. The fourth-order valence-corrected chi connectivity index (χ4v) is 3.92. The van der Waals surface area contributed by atoms with Crippen LogP contribution in [0.15, 0.2) is 48.5 Å². The second-order valence-electron chi connectivity index (χ2n) is 9.70. The van der Waals surface area contributed by atoms with Gasteiger partial charge in [0.05, 0.1) is 5.92 Å². The second-order valence-corrected chi connectivity index (χ2v) is 9.70. The van der Waals surface area contributed by atoms with Crippen molar-refractivity contribution in [3.05, 3.63) is 59.7 Å². The van der Waals surface area contributed by atoms with E-state index in [2.05, 4.69) is 37.9 Å². The summed E-state index contributed by atoms with van der Waals surface area (Å²) in [4.78, 5) is 30.2. The van der Waals surface area contributed by atoms with Crippen LogP contribution in [0.5, 0.6) is 0 Å². The molecule has 0 aliphatic carbocycles. The van der Waals surface area contributed by atoms with Crippen LogP contribution in [0.2, 0.25) is 0 Å². The molecule has 1 N–H and O–H groups in total. The molecule has 2 rings (SSSR count). The number of nitrogens with one attached hydrogen (secondary N) is 1. The Kier molecular flexibility index (Phi) is 9.51. The minimum atomic E-state index is -0.181. The van der Waals surface area contributed by atoms with E-state index in [1.807, 2.05) is 81.4 Å². The van der Waals surface area contributed by atoms with Gasteiger partial charge >= 0.3 is 0 Å². The van der Waals surface area contributed by atoms with Crippen molar-refractivity contribution in [2.24, 2.45) is 11.8 Å². The zero-order valence-corrected chi connectivity index (χ0v) is 21.6. The van der Waals surface area contributed by atoms with Crippen molar-refractivity contribution in [2.45, 2.75) is 66.5 Å². The normalized spacial score (nSPS) is 13.0. The van der Waals surface area contributed by atoms with E-state index in [1.54, 1.807) is 0 Å². The first kappa shape index (κ1) is 26.4. The van der Waals surface area contributed by atoms with Crippen molar-refractivity contribution < 1.29 is 9.59 Å². The minimum absolute atomic E-state index is 0.0165. The number of nitrogens with zero attached hydrogens (tertiary/aromatic N) is 2. The third kappa shape index (κ3) is 6.83. The molecule has 2 atom stereocenters. The lowest BCUT2D eigenvalue weighted by Gasteiger charge is -2.36. The summed E-state index contributed by atoms with van der Waals surface area (Å²) < 4.78 is 0. The standard InChI is InChI=1S/C28H41N3O2/c1-9-25(22-13-11-10-12-14-22)28(33)31(21(6)19(2)3)18-23-17-24(29-27(32)20(4)5)15-16-26(23)30(7)8/h10-17,19-21,25H,9,18H2,1-8H3,(H,29,32)/t21-,25+/m0/s1. The van der Waals surface area contributed by atoms with Gasteiger partial charge in [-0.1, -0.05) is 65.0 Å². The number of amides is 2. The Morgan fingerprint density at radius 3 is 2.09 bits per heavy atom. The van der Waals surface area contributed by atoms with E-state index in [0.29, 0.717) is 12.5 Å². The molecule has 180 valence electrons. The van der Waals surface area contributed by atoms with Crippen LogP contribution in [0.3, 0.4) is 0 Å². The Balaban J connectivity index is 2.47. The first-order valence-corrected chi connectivity index (χ1v) is 12.0. The van der Waals surface area contributed by atoms with Gasteiger partial charge in [0.25, 0.3) is 0 Å². The van der Waals surface area contributed by atoms with Gasteiger partial charge < -0.3 is 15.1 Å². The van der Waals surface area contributed by atoms with E-state index < -0.39 is 0 Å². The Morgan fingerprint density at radius 2 is 1.58 bits per heavy atom. The van der Waals surface area contributed by atoms with Crippen LogP contribution in [-0.4, -0.2) is 36.9 Å². The van der Waals surface area contributed by atoms with Crippen molar-refractivity contribution >= 4 is 23.2 Å². The van der Waals surface area contributed by atoms with Crippen molar-refractivity contribution in [2.75, 3.05) is 24.3 Å². The maximum absolute atomic E-state index is 13.9. The summed E-state index contributed by atoms with van der Waals surface area (Å²) in [6.07, 6.45) is 0.745. The summed E-state index contributed by atoms with van der Waals surface area (Å²) in [7, 11) is 4.00. The van der Waals surface area contributed by atoms with Crippen LogP contribution in [0.4, 0.5) is 11.4 Å². The molecular weight excluding hydrogens is 410 g/mol. The van der Waals surface area contributed by atoms with E-state index in [1.165, 1.54) is 0 Å². The lowest BCUT2D eigenvalue weighted by Crippen LogP contribution is -2.43. The van der Waals surface area contributed by atoms with Gasteiger partial charge in [-0.3, -0.25) is 9.59 Å². The van der Waals surface area contributed by atoms with Gasteiger partial charge in [0.15, 0.2) is 0 Å². The predicted octanol–water partition coefficient (Wildman–Crippen LogP) is 5.91. The number of hydrogen-bond donors (Lipinski definition) is 1. The number of carbonyl (C=O) groups is 2. The zero-order chi connectivity index (χ0) is 24.7. The van der Waals surface area contributed by atoms with E-state index in [9.17, 15) is 9.59 Å². The molecule has 0 heterocycles. The fourth-order valence-electron chi connectivity index (χ4n) is 3.92. The van der Waals surface area contributed by atoms with Crippen LogP contribution in [0.25, 0.3) is 0 Å². The highest BCUT2D eigenvalue weighted by atomic mass is 16.2. The van der Waals surface area contributed by atoms with Gasteiger partial charge in [0, 0.05) is 44.0 Å². The van der Waals surface area contributed by atoms with Crippen LogP contribution < -0.4 is 10.2 Å². The van der Waals surface area contributed by atoms with E-state index in [0.717, 1.165) is 28.9 Å². The third-order valence-corrected chi connectivity index (χ3v) is 6.34. The molecule has 0 aromatic heterocycles. The monoisotopic (exact) mass is 451 g/mol. The predicted molar refractivity (Wildman–Crippen MR) is 139 cm³/mol. The largest absolute Gasteiger partial charge is 0.377 e. The molecule has 33 heavy (non-hydrogen) atoms. The molecule has 0 radical (unpaired) electrons. The average molecular weight is 452 g/mol. The Hall–Kier alpha value is -2.82. The maximum Gasteiger partial charge on any atom is 0.230 e. The number of rotatable bonds is 10. The minimum Gasteiger partial charge on any atom is -0.377 e. The summed E-state index contributed by atoms with van der Waals surface area (Å²) in [5, 5.41) is 3.00. The summed E-state index contributed by atoms with van der Waals surface area (Å²) in [6, 6.07) is 16.1. The number of hydrogen-bond acceptors (Lipinski definition) is 3. The molecular formula is C28H41N3O2. The molecule has 2 amide bonds. The maximum atomic E-state index is 13.9. The highest BCUT2D eigenvalue weighted by Crippen LogP contribution is 2.30. The molecule has 0 spiro atoms. The lowest BCUT2D eigenvalue weighted by atomic mass is 9.92. The SMILES string of the molecule is CC[C@@H](C(=O)N(Cc1cc(NC(=O)C(C)C)ccc1N(C)C)[C@@H](C)C(C)C)c1ccccc1. The molecule has 0 aliphatic rings. The highest BCUT2D eigenvalue weighted by Gasteiger charge is 2.30. The lowest BCUT2D eigenvalue weighted by molar-refractivity contribution is -0.136. The molecule has 0 fully saturated rings. The van der Waals surface area contributed by atoms with E-state index in [-0.39, 0.29) is 29.7 Å². The molecule has 5 nitrogen and oxygen atoms in total. The Morgan fingerprint density at radius 1 is 0.939 bits per heavy atom. The topological polar surface area (TPSA) is 52.7 Å². The van der Waals surface area contributed by atoms with Gasteiger partial charge in [0.2, 0.25) is 11.8 Å². The van der Waals surface area contributed by atoms with Crippen LogP contribution in [0, 0.1) is 11.8 Å². The number of carbonyl (C=O) groups excluding carboxylic acids is 2. The van der Waals surface area contributed by atoms with Gasteiger partial charge in [-0.15, -0.1) is 0 Å². The van der Waals surface area contributed by atoms with Crippen LogP contribution in [-0.2, 0) is 16.1 Å². The highest BCUT2D eigenvalue weighted by molar-refractivity contribution is 5.92. The third-order valence-electron chi connectivity index (χ3n) is 6.34. The molecule has 0 bridgehead atoms. The van der Waals surface area contributed by atoms with Gasteiger partial charge in [-0.25, -0.2) is 0 Å². The van der Waals surface area contributed by atoms with E-state index >= 15 is 0 Å². The Bertz CT molecular complexity index is 922. The molecule has 2 aromatic rings. The quantitative estimate of drug-likeness (QED) is 0.488. The van der Waals surface area contributed by atoms with Crippen molar-refractivity contribution in [3.63, 3.8) is 0 Å². The summed E-state index contributed by atoms with van der Waals surface area (Å²) in [5.74, 6) is 0.161.